The van der Waals surface area contributed by atoms with E-state index >= 15 is 0 Å². The van der Waals surface area contributed by atoms with Crippen molar-refractivity contribution < 1.29 is 4.52 Å². The number of rotatable bonds is 6. The fourth-order valence-electron chi connectivity index (χ4n) is 2.74. The van der Waals surface area contributed by atoms with Crippen LogP contribution in [0, 0.1) is 6.92 Å². The van der Waals surface area contributed by atoms with E-state index in [2.05, 4.69) is 50.9 Å². The molecule has 0 saturated heterocycles. The lowest BCUT2D eigenvalue weighted by molar-refractivity contribution is 0.385. The number of thioether (sulfide) groups is 1. The second-order valence-electron chi connectivity index (χ2n) is 5.92. The first-order chi connectivity index (χ1) is 12.8. The topological polar surface area (TPSA) is 56.7 Å². The molecule has 0 aliphatic carbocycles. The zero-order chi connectivity index (χ0) is 17.8. The van der Waals surface area contributed by atoms with E-state index in [1.165, 1.54) is 11.1 Å². The predicted molar refractivity (Wildman–Crippen MR) is 101 cm³/mol. The molecule has 0 saturated carbocycles. The maximum atomic E-state index is 5.39. The van der Waals surface area contributed by atoms with Crippen molar-refractivity contribution in [1.82, 2.24) is 19.7 Å². The average Bonchev–Trinajstić information content (AvgIpc) is 3.30. The zero-order valence-corrected chi connectivity index (χ0v) is 15.2. The molecule has 0 spiro atoms. The van der Waals surface area contributed by atoms with E-state index in [4.69, 9.17) is 4.52 Å². The monoisotopic (exact) mass is 362 g/mol. The van der Waals surface area contributed by atoms with Crippen LogP contribution in [0.25, 0.3) is 5.69 Å². The van der Waals surface area contributed by atoms with Gasteiger partial charge in [-0.3, -0.25) is 4.57 Å². The predicted octanol–water partition coefficient (Wildman–Crippen LogP) is 4.45. The van der Waals surface area contributed by atoms with Gasteiger partial charge in [0.1, 0.15) is 0 Å². The Kier molecular flexibility index (Phi) is 4.84. The summed E-state index contributed by atoms with van der Waals surface area (Å²) in [6.07, 6.45) is 4.45. The van der Waals surface area contributed by atoms with Gasteiger partial charge in [0, 0.05) is 18.8 Å². The van der Waals surface area contributed by atoms with Gasteiger partial charge in [-0.15, -0.1) is 0 Å². The molecule has 0 aliphatic rings. The molecular weight excluding hydrogens is 344 g/mol. The first-order valence-corrected chi connectivity index (χ1v) is 9.36. The van der Waals surface area contributed by atoms with E-state index in [-0.39, 0.29) is 0 Å². The van der Waals surface area contributed by atoms with Crippen molar-refractivity contribution in [1.29, 1.82) is 0 Å². The second kappa shape index (κ2) is 7.58. The number of aromatic nitrogens is 4. The summed E-state index contributed by atoms with van der Waals surface area (Å²) in [5.41, 5.74) is 3.50. The molecule has 0 unspecified atom stereocenters. The minimum atomic E-state index is 0.588. The molecule has 2 aromatic carbocycles. The molecule has 0 N–H and O–H groups in total. The summed E-state index contributed by atoms with van der Waals surface area (Å²) in [6, 6.07) is 18.4. The van der Waals surface area contributed by atoms with Crippen LogP contribution in [0.4, 0.5) is 0 Å². The van der Waals surface area contributed by atoms with Gasteiger partial charge in [-0.1, -0.05) is 65.4 Å². The van der Waals surface area contributed by atoms with Crippen LogP contribution in [0.3, 0.4) is 0 Å². The zero-order valence-electron chi connectivity index (χ0n) is 14.4. The van der Waals surface area contributed by atoms with Crippen LogP contribution in [-0.2, 0) is 12.2 Å². The summed E-state index contributed by atoms with van der Waals surface area (Å²) in [5, 5.41) is 4.98. The summed E-state index contributed by atoms with van der Waals surface area (Å²) in [4.78, 5) is 8.95. The van der Waals surface area contributed by atoms with E-state index < -0.39 is 0 Å². The number of hydrogen-bond acceptors (Lipinski definition) is 5. The molecule has 2 aromatic heterocycles. The highest BCUT2D eigenvalue weighted by molar-refractivity contribution is 7.98. The molecule has 2 heterocycles. The first kappa shape index (κ1) is 16.6. The van der Waals surface area contributed by atoms with Crippen molar-refractivity contribution in [3.05, 3.63) is 89.8 Å². The molecular formula is C20H18N4OS. The molecule has 0 bridgehead atoms. The Morgan fingerprint density at radius 1 is 1.04 bits per heavy atom. The Balaban J connectivity index is 1.44. The van der Waals surface area contributed by atoms with E-state index in [0.717, 1.165) is 10.8 Å². The van der Waals surface area contributed by atoms with Gasteiger partial charge in [0.2, 0.25) is 5.89 Å². The minimum absolute atomic E-state index is 0.588. The second-order valence-corrected chi connectivity index (χ2v) is 6.86. The third kappa shape index (κ3) is 3.70. The van der Waals surface area contributed by atoms with Crippen molar-refractivity contribution >= 4 is 11.8 Å². The van der Waals surface area contributed by atoms with E-state index in [1.54, 1.807) is 11.8 Å². The van der Waals surface area contributed by atoms with Crippen LogP contribution in [-0.4, -0.2) is 19.7 Å². The van der Waals surface area contributed by atoms with Crippen molar-refractivity contribution in [2.24, 2.45) is 0 Å². The quantitative estimate of drug-likeness (QED) is 0.474. The molecule has 0 atom stereocenters. The van der Waals surface area contributed by atoms with Crippen molar-refractivity contribution in [3.8, 4) is 5.69 Å². The number of imidazole rings is 1. The summed E-state index contributed by atoms with van der Waals surface area (Å²) in [6.45, 7) is 2.09. The third-order valence-electron chi connectivity index (χ3n) is 4.02. The Hall–Kier alpha value is -2.86. The Labute approximate surface area is 156 Å². The molecule has 4 rings (SSSR count). The molecule has 130 valence electrons. The smallest absolute Gasteiger partial charge is 0.237 e. The number of nitrogens with zero attached hydrogens (tertiary/aromatic N) is 4. The number of aryl methyl sites for hydroxylation is 1. The summed E-state index contributed by atoms with van der Waals surface area (Å²) >= 11 is 1.59. The highest BCUT2D eigenvalue weighted by Crippen LogP contribution is 2.25. The lowest BCUT2D eigenvalue weighted by atomic mass is 10.1. The van der Waals surface area contributed by atoms with Gasteiger partial charge >= 0.3 is 0 Å². The van der Waals surface area contributed by atoms with Crippen LogP contribution in [0.1, 0.15) is 22.8 Å². The van der Waals surface area contributed by atoms with Gasteiger partial charge in [-0.2, -0.15) is 4.98 Å². The molecule has 0 fully saturated rings. The fourth-order valence-corrected chi connectivity index (χ4v) is 3.54. The highest BCUT2D eigenvalue weighted by atomic mass is 32.2. The molecule has 26 heavy (non-hydrogen) atoms. The number of hydrogen-bond donors (Lipinski definition) is 0. The summed E-state index contributed by atoms with van der Waals surface area (Å²) in [5.74, 6) is 1.90. The van der Waals surface area contributed by atoms with Crippen LogP contribution in [0.2, 0.25) is 0 Å². The Bertz CT molecular complexity index is 994. The van der Waals surface area contributed by atoms with Crippen LogP contribution < -0.4 is 0 Å². The van der Waals surface area contributed by atoms with Gasteiger partial charge in [0.05, 0.1) is 11.4 Å². The standard InChI is InChI=1S/C20H18N4OS/c1-15-7-5-6-10-17(15)24-12-11-21-20(24)26-14-19-22-18(23-25-19)13-16-8-3-2-4-9-16/h2-12H,13-14H2,1H3. The number of benzene rings is 2. The van der Waals surface area contributed by atoms with Gasteiger partial charge in [-0.25, -0.2) is 4.98 Å². The molecule has 4 aromatic rings. The molecule has 0 aliphatic heterocycles. The number of para-hydroxylation sites is 1. The third-order valence-corrected chi connectivity index (χ3v) is 4.97. The Morgan fingerprint density at radius 2 is 1.85 bits per heavy atom. The molecule has 0 amide bonds. The van der Waals surface area contributed by atoms with E-state index in [1.807, 2.05) is 42.7 Å². The lowest BCUT2D eigenvalue weighted by Gasteiger charge is -2.09. The average molecular weight is 362 g/mol. The minimum Gasteiger partial charge on any atom is -0.338 e. The van der Waals surface area contributed by atoms with Gasteiger partial charge < -0.3 is 4.52 Å². The largest absolute Gasteiger partial charge is 0.338 e. The highest BCUT2D eigenvalue weighted by Gasteiger charge is 2.12. The van der Waals surface area contributed by atoms with E-state index in [0.29, 0.717) is 23.9 Å². The Morgan fingerprint density at radius 3 is 2.69 bits per heavy atom. The molecule has 6 heteroatoms. The van der Waals surface area contributed by atoms with Crippen LogP contribution in [0.15, 0.2) is 76.7 Å². The lowest BCUT2D eigenvalue weighted by Crippen LogP contribution is -1.98. The van der Waals surface area contributed by atoms with Crippen molar-refractivity contribution in [2.45, 2.75) is 24.3 Å². The summed E-state index contributed by atoms with van der Waals surface area (Å²) in [7, 11) is 0. The van der Waals surface area contributed by atoms with Crippen LogP contribution in [0.5, 0.6) is 0 Å². The maximum Gasteiger partial charge on any atom is 0.237 e. The fraction of sp³-hybridized carbons (Fsp3) is 0.150. The molecule has 5 nitrogen and oxygen atoms in total. The van der Waals surface area contributed by atoms with Crippen molar-refractivity contribution in [3.63, 3.8) is 0 Å². The SMILES string of the molecule is Cc1ccccc1-n1ccnc1SCc1nc(Cc2ccccc2)no1. The maximum absolute atomic E-state index is 5.39. The molecule has 0 radical (unpaired) electrons. The normalized spacial score (nSPS) is 11.0. The van der Waals surface area contributed by atoms with Gasteiger partial charge in [0.25, 0.3) is 0 Å². The van der Waals surface area contributed by atoms with Crippen LogP contribution >= 0.6 is 11.8 Å². The van der Waals surface area contributed by atoms with E-state index in [9.17, 15) is 0 Å². The van der Waals surface area contributed by atoms with Crippen molar-refractivity contribution in [2.75, 3.05) is 0 Å². The first-order valence-electron chi connectivity index (χ1n) is 8.37. The van der Waals surface area contributed by atoms with Gasteiger partial charge in [-0.05, 0) is 24.1 Å². The van der Waals surface area contributed by atoms with Gasteiger partial charge in [0.15, 0.2) is 11.0 Å². The summed E-state index contributed by atoms with van der Waals surface area (Å²) < 4.78 is 7.47.